The molecule has 0 spiro atoms. The Balaban J connectivity index is 2.66. The third-order valence-electron chi connectivity index (χ3n) is 3.65. The van der Waals surface area contributed by atoms with Gasteiger partial charge >= 0.3 is 0 Å². The second-order valence-electron chi connectivity index (χ2n) is 6.02. The average Bonchev–Trinajstić information content (AvgIpc) is 2.41. The van der Waals surface area contributed by atoms with Gasteiger partial charge in [0.25, 0.3) is 0 Å². The van der Waals surface area contributed by atoms with Gasteiger partial charge in [-0.1, -0.05) is 31.5 Å². The Morgan fingerprint density at radius 1 is 1.30 bits per heavy atom. The number of nitrogens with zero attached hydrogens (tertiary/aromatic N) is 1. The molecule has 7 heteroatoms. The molecular formula is C16H25ClN2O3S. The zero-order chi connectivity index (χ0) is 17.6. The van der Waals surface area contributed by atoms with Crippen molar-refractivity contribution in [1.82, 2.24) is 5.32 Å². The van der Waals surface area contributed by atoms with Gasteiger partial charge in [-0.05, 0) is 37.5 Å². The van der Waals surface area contributed by atoms with Crippen molar-refractivity contribution in [3.63, 3.8) is 0 Å². The van der Waals surface area contributed by atoms with Gasteiger partial charge in [0.15, 0.2) is 0 Å². The standard InChI is InChI=1S/C16H25ClN2O3S/c1-12(2)13(3)18-16(20)9-6-10-19(23(4,21)22)15-8-5-7-14(17)11-15/h5,7-8,11-13H,6,9-10H2,1-4H3,(H,18,20). The number of halogens is 1. The van der Waals surface area contributed by atoms with E-state index in [1.807, 2.05) is 20.8 Å². The van der Waals surface area contributed by atoms with Crippen molar-refractivity contribution in [3.8, 4) is 0 Å². The van der Waals surface area contributed by atoms with Crippen LogP contribution in [0.2, 0.25) is 5.02 Å². The Hall–Kier alpha value is -1.27. The number of carbonyl (C=O) groups excluding carboxylic acids is 1. The third kappa shape index (κ3) is 6.79. The van der Waals surface area contributed by atoms with E-state index in [4.69, 9.17) is 11.6 Å². The summed E-state index contributed by atoms with van der Waals surface area (Å²) < 4.78 is 25.2. The quantitative estimate of drug-likeness (QED) is 0.774. The molecule has 1 aromatic carbocycles. The number of rotatable bonds is 8. The van der Waals surface area contributed by atoms with E-state index in [1.54, 1.807) is 24.3 Å². The Bertz CT molecular complexity index is 632. The topological polar surface area (TPSA) is 66.5 Å². The molecule has 0 radical (unpaired) electrons. The molecule has 0 heterocycles. The molecule has 5 nitrogen and oxygen atoms in total. The van der Waals surface area contributed by atoms with Gasteiger partial charge in [-0.3, -0.25) is 9.10 Å². The van der Waals surface area contributed by atoms with Gasteiger partial charge in [-0.15, -0.1) is 0 Å². The van der Waals surface area contributed by atoms with Crippen molar-refractivity contribution >= 4 is 33.2 Å². The highest BCUT2D eigenvalue weighted by Crippen LogP contribution is 2.22. The van der Waals surface area contributed by atoms with E-state index in [0.717, 1.165) is 6.26 Å². The molecule has 0 aliphatic carbocycles. The largest absolute Gasteiger partial charge is 0.353 e. The molecule has 0 bridgehead atoms. The van der Waals surface area contributed by atoms with Crippen LogP contribution >= 0.6 is 11.6 Å². The van der Waals surface area contributed by atoms with Crippen LogP contribution in [0.3, 0.4) is 0 Å². The van der Waals surface area contributed by atoms with Crippen LogP contribution in [0.4, 0.5) is 5.69 Å². The zero-order valence-electron chi connectivity index (χ0n) is 14.0. The SMILES string of the molecule is CC(C)C(C)NC(=O)CCCN(c1cccc(Cl)c1)S(C)(=O)=O. The van der Waals surface area contributed by atoms with E-state index in [1.165, 1.54) is 4.31 Å². The molecule has 0 saturated carbocycles. The maximum Gasteiger partial charge on any atom is 0.232 e. The Morgan fingerprint density at radius 3 is 2.48 bits per heavy atom. The molecule has 0 aliphatic rings. The number of hydrogen-bond acceptors (Lipinski definition) is 3. The fourth-order valence-electron chi connectivity index (χ4n) is 1.99. The van der Waals surface area contributed by atoms with Crippen LogP contribution in [0.25, 0.3) is 0 Å². The van der Waals surface area contributed by atoms with E-state index in [-0.39, 0.29) is 24.9 Å². The number of nitrogens with one attached hydrogen (secondary N) is 1. The minimum Gasteiger partial charge on any atom is -0.353 e. The Morgan fingerprint density at radius 2 is 1.96 bits per heavy atom. The molecule has 1 atom stereocenters. The Kier molecular flexibility index (Phi) is 7.35. The van der Waals surface area contributed by atoms with Crippen LogP contribution in [-0.4, -0.2) is 33.2 Å². The number of amides is 1. The average molecular weight is 361 g/mol. The second-order valence-corrected chi connectivity index (χ2v) is 8.36. The first-order chi connectivity index (χ1) is 10.6. The lowest BCUT2D eigenvalue weighted by Gasteiger charge is -2.23. The minimum absolute atomic E-state index is 0.0641. The smallest absolute Gasteiger partial charge is 0.232 e. The third-order valence-corrected chi connectivity index (χ3v) is 5.08. The lowest BCUT2D eigenvalue weighted by molar-refractivity contribution is -0.122. The molecule has 130 valence electrons. The number of anilines is 1. The van der Waals surface area contributed by atoms with Gasteiger partial charge in [-0.25, -0.2) is 8.42 Å². The lowest BCUT2D eigenvalue weighted by Crippen LogP contribution is -2.37. The van der Waals surface area contributed by atoms with Crippen molar-refractivity contribution in [2.75, 3.05) is 17.1 Å². The van der Waals surface area contributed by atoms with E-state index in [0.29, 0.717) is 23.0 Å². The van der Waals surface area contributed by atoms with Crippen LogP contribution in [0, 0.1) is 5.92 Å². The molecule has 23 heavy (non-hydrogen) atoms. The first kappa shape index (κ1) is 19.8. The van der Waals surface area contributed by atoms with Crippen LogP contribution in [0.1, 0.15) is 33.6 Å². The maximum absolute atomic E-state index is 12.0. The van der Waals surface area contributed by atoms with Crippen LogP contribution in [-0.2, 0) is 14.8 Å². The van der Waals surface area contributed by atoms with E-state index >= 15 is 0 Å². The summed E-state index contributed by atoms with van der Waals surface area (Å²) in [5.74, 6) is 0.295. The van der Waals surface area contributed by atoms with Crippen molar-refractivity contribution in [3.05, 3.63) is 29.3 Å². The zero-order valence-corrected chi connectivity index (χ0v) is 15.6. The van der Waals surface area contributed by atoms with Gasteiger partial charge in [0, 0.05) is 24.0 Å². The van der Waals surface area contributed by atoms with E-state index in [2.05, 4.69) is 5.32 Å². The number of sulfonamides is 1. The lowest BCUT2D eigenvalue weighted by atomic mass is 10.1. The van der Waals surface area contributed by atoms with Crippen molar-refractivity contribution in [2.24, 2.45) is 5.92 Å². The van der Waals surface area contributed by atoms with Gasteiger partial charge in [0.05, 0.1) is 11.9 Å². The van der Waals surface area contributed by atoms with Gasteiger partial charge in [0.2, 0.25) is 15.9 Å². The summed E-state index contributed by atoms with van der Waals surface area (Å²) in [6.45, 7) is 6.27. The predicted molar refractivity (Wildman–Crippen MR) is 95.3 cm³/mol. The summed E-state index contributed by atoms with van der Waals surface area (Å²) in [7, 11) is -3.43. The molecule has 0 fully saturated rings. The van der Waals surface area contributed by atoms with E-state index < -0.39 is 10.0 Å². The molecule has 0 saturated heterocycles. The molecule has 1 aromatic rings. The molecule has 1 amide bonds. The summed E-state index contributed by atoms with van der Waals surface area (Å²) in [5.41, 5.74) is 0.510. The molecule has 0 aliphatic heterocycles. The molecule has 1 N–H and O–H groups in total. The number of benzene rings is 1. The first-order valence-corrected chi connectivity index (χ1v) is 9.86. The first-order valence-electron chi connectivity index (χ1n) is 7.64. The normalized spacial score (nSPS) is 13.0. The van der Waals surface area contributed by atoms with Crippen LogP contribution in [0.15, 0.2) is 24.3 Å². The van der Waals surface area contributed by atoms with Crippen molar-refractivity contribution in [2.45, 2.75) is 39.7 Å². The van der Waals surface area contributed by atoms with Crippen molar-refractivity contribution < 1.29 is 13.2 Å². The second kappa shape index (κ2) is 8.55. The fraction of sp³-hybridized carbons (Fsp3) is 0.562. The summed E-state index contributed by atoms with van der Waals surface area (Å²) in [6, 6.07) is 6.78. The number of carbonyl (C=O) groups is 1. The van der Waals surface area contributed by atoms with Crippen LogP contribution < -0.4 is 9.62 Å². The molecule has 1 rings (SSSR count). The highest BCUT2D eigenvalue weighted by molar-refractivity contribution is 7.92. The minimum atomic E-state index is -3.43. The number of hydrogen-bond donors (Lipinski definition) is 1. The highest BCUT2D eigenvalue weighted by Gasteiger charge is 2.18. The predicted octanol–water partition coefficient (Wildman–Crippen LogP) is 3.05. The maximum atomic E-state index is 12.0. The summed E-state index contributed by atoms with van der Waals surface area (Å²) in [5, 5.41) is 3.38. The van der Waals surface area contributed by atoms with Gasteiger partial charge < -0.3 is 5.32 Å². The summed E-state index contributed by atoms with van der Waals surface area (Å²) in [6.07, 6.45) is 1.87. The summed E-state index contributed by atoms with van der Waals surface area (Å²) in [4.78, 5) is 11.9. The highest BCUT2D eigenvalue weighted by atomic mass is 35.5. The monoisotopic (exact) mass is 360 g/mol. The van der Waals surface area contributed by atoms with Gasteiger partial charge in [-0.2, -0.15) is 0 Å². The fourth-order valence-corrected chi connectivity index (χ4v) is 3.14. The summed E-state index contributed by atoms with van der Waals surface area (Å²) >= 11 is 5.92. The van der Waals surface area contributed by atoms with Gasteiger partial charge in [0.1, 0.15) is 0 Å². The molecule has 0 aromatic heterocycles. The van der Waals surface area contributed by atoms with Crippen LogP contribution in [0.5, 0.6) is 0 Å². The Labute approximate surface area is 144 Å². The van der Waals surface area contributed by atoms with E-state index in [9.17, 15) is 13.2 Å². The molecule has 1 unspecified atom stereocenters. The molecular weight excluding hydrogens is 336 g/mol. The van der Waals surface area contributed by atoms with Crippen molar-refractivity contribution in [1.29, 1.82) is 0 Å².